The molecule has 0 aliphatic carbocycles. The number of nitrogens with one attached hydrogen (secondary N) is 1. The minimum Gasteiger partial charge on any atom is -0.378 e. The summed E-state index contributed by atoms with van der Waals surface area (Å²) in [4.78, 5) is 11.7. The zero-order chi connectivity index (χ0) is 13.7. The predicted molar refractivity (Wildman–Crippen MR) is 70.7 cm³/mol. The fraction of sp³-hybridized carbons (Fsp3) is 0.917. The Kier molecular flexibility index (Phi) is 5.18. The summed E-state index contributed by atoms with van der Waals surface area (Å²) in [7, 11) is -3.64. The lowest BCUT2D eigenvalue weighted by Gasteiger charge is -2.25. The average Bonchev–Trinajstić information content (AvgIpc) is 2.90. The van der Waals surface area contributed by atoms with Crippen LogP contribution in [0.4, 0.5) is 0 Å². The Morgan fingerprint density at radius 2 is 1.95 bits per heavy atom. The van der Waals surface area contributed by atoms with Crippen LogP contribution in [0.2, 0.25) is 0 Å². The van der Waals surface area contributed by atoms with E-state index >= 15 is 0 Å². The fourth-order valence-electron chi connectivity index (χ4n) is 2.53. The SMILES string of the molecule is O=C(CCC1CCCO1)NS(=O)(=O)N1CCCCC1. The first kappa shape index (κ1) is 14.7. The Morgan fingerprint density at radius 3 is 2.58 bits per heavy atom. The van der Waals surface area contributed by atoms with Crippen LogP contribution in [-0.2, 0) is 19.7 Å². The van der Waals surface area contributed by atoms with Crippen LogP contribution >= 0.6 is 0 Å². The Balaban J connectivity index is 1.76. The fourth-order valence-corrected chi connectivity index (χ4v) is 3.79. The Morgan fingerprint density at radius 1 is 1.21 bits per heavy atom. The van der Waals surface area contributed by atoms with Crippen LogP contribution in [0.5, 0.6) is 0 Å². The van der Waals surface area contributed by atoms with Gasteiger partial charge in [0, 0.05) is 26.1 Å². The summed E-state index contributed by atoms with van der Waals surface area (Å²) in [5.74, 6) is -0.430. The van der Waals surface area contributed by atoms with Gasteiger partial charge in [-0.3, -0.25) is 4.79 Å². The van der Waals surface area contributed by atoms with Gasteiger partial charge in [0.1, 0.15) is 0 Å². The summed E-state index contributed by atoms with van der Waals surface area (Å²) in [6, 6.07) is 0. The molecule has 2 heterocycles. The number of piperidine rings is 1. The summed E-state index contributed by atoms with van der Waals surface area (Å²) in [5.41, 5.74) is 0. The molecule has 2 rings (SSSR count). The number of carbonyl (C=O) groups excluding carboxylic acids is 1. The zero-order valence-corrected chi connectivity index (χ0v) is 12.0. The van der Waals surface area contributed by atoms with Gasteiger partial charge in [0.2, 0.25) is 5.91 Å². The molecule has 1 N–H and O–H groups in total. The van der Waals surface area contributed by atoms with Gasteiger partial charge in [0.15, 0.2) is 0 Å². The molecule has 6 nitrogen and oxygen atoms in total. The Labute approximate surface area is 114 Å². The third kappa shape index (κ3) is 4.43. The van der Waals surface area contributed by atoms with Crippen molar-refractivity contribution >= 4 is 16.1 Å². The standard InChI is InChI=1S/C12H22N2O4S/c15-12(7-6-11-5-4-10-18-11)13-19(16,17)14-8-2-1-3-9-14/h11H,1-10H2,(H,13,15). The van der Waals surface area contributed by atoms with E-state index in [1.54, 1.807) is 0 Å². The van der Waals surface area contributed by atoms with Crippen molar-refractivity contribution in [1.82, 2.24) is 9.03 Å². The van der Waals surface area contributed by atoms with Crippen molar-refractivity contribution in [3.8, 4) is 0 Å². The Hall–Kier alpha value is -0.660. The van der Waals surface area contributed by atoms with Crippen molar-refractivity contribution in [2.75, 3.05) is 19.7 Å². The van der Waals surface area contributed by atoms with E-state index < -0.39 is 16.1 Å². The van der Waals surface area contributed by atoms with Crippen LogP contribution in [0.25, 0.3) is 0 Å². The van der Waals surface area contributed by atoms with Gasteiger partial charge in [0.25, 0.3) is 0 Å². The highest BCUT2D eigenvalue weighted by Gasteiger charge is 2.26. The minimum absolute atomic E-state index is 0.114. The normalized spacial score (nSPS) is 25.4. The molecule has 0 aromatic rings. The third-order valence-corrected chi connectivity index (χ3v) is 5.15. The van der Waals surface area contributed by atoms with E-state index in [9.17, 15) is 13.2 Å². The summed E-state index contributed by atoms with van der Waals surface area (Å²) >= 11 is 0. The number of hydrogen-bond donors (Lipinski definition) is 1. The second-order valence-corrected chi connectivity index (χ2v) is 6.83. The molecule has 0 aromatic carbocycles. The van der Waals surface area contributed by atoms with Crippen LogP contribution in [0.1, 0.15) is 44.9 Å². The van der Waals surface area contributed by atoms with E-state index in [0.29, 0.717) is 19.5 Å². The van der Waals surface area contributed by atoms with Crippen molar-refractivity contribution in [3.05, 3.63) is 0 Å². The molecule has 19 heavy (non-hydrogen) atoms. The minimum atomic E-state index is -3.64. The second kappa shape index (κ2) is 6.67. The van der Waals surface area contributed by atoms with Gasteiger partial charge in [-0.25, -0.2) is 4.72 Å². The van der Waals surface area contributed by atoms with Gasteiger partial charge in [-0.15, -0.1) is 0 Å². The summed E-state index contributed by atoms with van der Waals surface area (Å²) < 4.78 is 32.8. The van der Waals surface area contributed by atoms with Crippen LogP contribution < -0.4 is 4.72 Å². The molecule has 7 heteroatoms. The first-order valence-electron chi connectivity index (χ1n) is 7.00. The molecule has 1 amide bonds. The van der Waals surface area contributed by atoms with Crippen LogP contribution in [0.15, 0.2) is 0 Å². The molecule has 2 aliphatic heterocycles. The van der Waals surface area contributed by atoms with Crippen molar-refractivity contribution < 1.29 is 17.9 Å². The third-order valence-electron chi connectivity index (χ3n) is 3.62. The highest BCUT2D eigenvalue weighted by atomic mass is 32.2. The molecule has 0 radical (unpaired) electrons. The molecular weight excluding hydrogens is 268 g/mol. The van der Waals surface area contributed by atoms with E-state index in [1.807, 2.05) is 0 Å². The number of carbonyl (C=O) groups is 1. The molecule has 2 saturated heterocycles. The lowest BCUT2D eigenvalue weighted by Crippen LogP contribution is -2.45. The maximum atomic E-state index is 12.0. The molecule has 0 spiro atoms. The molecule has 1 atom stereocenters. The predicted octanol–water partition coefficient (Wildman–Crippen LogP) is 0.792. The highest BCUT2D eigenvalue weighted by Crippen LogP contribution is 2.17. The van der Waals surface area contributed by atoms with Gasteiger partial charge in [0.05, 0.1) is 6.10 Å². The quantitative estimate of drug-likeness (QED) is 0.812. The van der Waals surface area contributed by atoms with Crippen molar-refractivity contribution in [2.24, 2.45) is 0 Å². The van der Waals surface area contributed by atoms with Gasteiger partial charge < -0.3 is 4.74 Å². The van der Waals surface area contributed by atoms with Crippen LogP contribution in [0.3, 0.4) is 0 Å². The molecule has 2 fully saturated rings. The molecule has 2 aliphatic rings. The maximum Gasteiger partial charge on any atom is 0.303 e. The van der Waals surface area contributed by atoms with Gasteiger partial charge in [-0.05, 0) is 32.1 Å². The van der Waals surface area contributed by atoms with Crippen LogP contribution in [0, 0.1) is 0 Å². The van der Waals surface area contributed by atoms with Crippen molar-refractivity contribution in [1.29, 1.82) is 0 Å². The number of ether oxygens (including phenoxy) is 1. The zero-order valence-electron chi connectivity index (χ0n) is 11.1. The smallest absolute Gasteiger partial charge is 0.303 e. The van der Waals surface area contributed by atoms with Gasteiger partial charge in [-0.2, -0.15) is 12.7 Å². The second-order valence-electron chi connectivity index (χ2n) is 5.16. The van der Waals surface area contributed by atoms with E-state index in [4.69, 9.17) is 4.74 Å². The average molecular weight is 290 g/mol. The number of hydrogen-bond acceptors (Lipinski definition) is 4. The van der Waals surface area contributed by atoms with E-state index in [-0.39, 0.29) is 12.5 Å². The molecule has 0 saturated carbocycles. The molecular formula is C12H22N2O4S. The molecule has 0 aromatic heterocycles. The summed E-state index contributed by atoms with van der Waals surface area (Å²) in [5, 5.41) is 0. The first-order chi connectivity index (χ1) is 9.08. The van der Waals surface area contributed by atoms with E-state index in [2.05, 4.69) is 4.72 Å². The van der Waals surface area contributed by atoms with Crippen LogP contribution in [-0.4, -0.2) is 44.4 Å². The monoisotopic (exact) mass is 290 g/mol. The summed E-state index contributed by atoms with van der Waals surface area (Å²) in [6.45, 7) is 1.76. The topological polar surface area (TPSA) is 75.7 Å². The van der Waals surface area contributed by atoms with Crippen molar-refractivity contribution in [3.63, 3.8) is 0 Å². The molecule has 110 valence electrons. The molecule has 1 unspecified atom stereocenters. The van der Waals surface area contributed by atoms with Crippen molar-refractivity contribution in [2.45, 2.75) is 51.0 Å². The maximum absolute atomic E-state index is 12.0. The number of amides is 1. The Bertz CT molecular complexity index is 398. The lowest BCUT2D eigenvalue weighted by molar-refractivity contribution is -0.120. The molecule has 0 bridgehead atoms. The number of rotatable bonds is 5. The first-order valence-corrected chi connectivity index (χ1v) is 8.44. The lowest BCUT2D eigenvalue weighted by atomic mass is 10.1. The summed E-state index contributed by atoms with van der Waals surface area (Å²) in [6.07, 6.45) is 5.70. The number of nitrogens with zero attached hydrogens (tertiary/aromatic N) is 1. The highest BCUT2D eigenvalue weighted by molar-refractivity contribution is 7.87. The van der Waals surface area contributed by atoms with Gasteiger partial charge >= 0.3 is 10.2 Å². The van der Waals surface area contributed by atoms with E-state index in [0.717, 1.165) is 38.7 Å². The van der Waals surface area contributed by atoms with Gasteiger partial charge in [-0.1, -0.05) is 6.42 Å². The largest absolute Gasteiger partial charge is 0.378 e. The van der Waals surface area contributed by atoms with E-state index in [1.165, 1.54) is 4.31 Å².